The number of benzene rings is 2. The van der Waals surface area contributed by atoms with Crippen molar-refractivity contribution in [3.8, 4) is 0 Å². The molecule has 1 saturated heterocycles. The number of anilines is 1. The molecule has 1 aliphatic heterocycles. The van der Waals surface area contributed by atoms with Gasteiger partial charge in [-0.25, -0.2) is 4.39 Å². The van der Waals surface area contributed by atoms with Crippen LogP contribution in [0.4, 0.5) is 10.1 Å². The van der Waals surface area contributed by atoms with Gasteiger partial charge in [0.25, 0.3) is 0 Å². The molecule has 166 valence electrons. The van der Waals surface area contributed by atoms with Gasteiger partial charge in [0.15, 0.2) is 0 Å². The van der Waals surface area contributed by atoms with E-state index in [1.54, 1.807) is 0 Å². The van der Waals surface area contributed by atoms with Crippen LogP contribution in [-0.4, -0.2) is 49.1 Å². The van der Waals surface area contributed by atoms with Crippen LogP contribution in [0.25, 0.3) is 0 Å². The molecule has 2 atom stereocenters. The quantitative estimate of drug-likeness (QED) is 0.746. The zero-order valence-corrected chi connectivity index (χ0v) is 18.1. The summed E-state index contributed by atoms with van der Waals surface area (Å²) in [7, 11) is 0. The van der Waals surface area contributed by atoms with Gasteiger partial charge in [0.2, 0.25) is 5.91 Å². The lowest BCUT2D eigenvalue weighted by Crippen LogP contribution is -2.56. The summed E-state index contributed by atoms with van der Waals surface area (Å²) in [5.41, 5.74) is 8.69. The van der Waals surface area contributed by atoms with Crippen LogP contribution >= 0.6 is 0 Å². The van der Waals surface area contributed by atoms with E-state index in [2.05, 4.69) is 27.2 Å². The second kappa shape index (κ2) is 10.2. The van der Waals surface area contributed by atoms with Crippen molar-refractivity contribution < 1.29 is 9.18 Å². The van der Waals surface area contributed by atoms with Crippen LogP contribution in [0.3, 0.4) is 0 Å². The van der Waals surface area contributed by atoms with E-state index < -0.39 is 6.04 Å². The van der Waals surface area contributed by atoms with E-state index in [0.717, 1.165) is 50.3 Å². The average Bonchev–Trinajstić information content (AvgIpc) is 2.81. The van der Waals surface area contributed by atoms with Crippen molar-refractivity contribution in [3.63, 3.8) is 0 Å². The monoisotopic (exact) mass is 424 g/mol. The molecule has 1 heterocycles. The predicted octanol–water partition coefficient (Wildman–Crippen LogP) is 3.47. The van der Waals surface area contributed by atoms with E-state index in [0.29, 0.717) is 0 Å². The van der Waals surface area contributed by atoms with Crippen molar-refractivity contribution in [2.45, 2.75) is 50.2 Å². The number of hydrogen-bond donors (Lipinski definition) is 2. The van der Waals surface area contributed by atoms with Gasteiger partial charge in [0.1, 0.15) is 11.9 Å². The standard InChI is InChI=1S/C25H33FN4O/c26-20-11-13-22(14-12-20)29-15-17-30(18-16-29)24(19-7-3-1-4-8-19)23(27)25(31)28-21-9-5-2-6-10-21/h1,3-4,7-8,11-14,21,23-24H,2,5-6,9-10,15-18,27H2,(H,28,31)/t23-,24-/m0/s1. The first-order chi connectivity index (χ1) is 15.1. The predicted molar refractivity (Wildman–Crippen MR) is 122 cm³/mol. The lowest BCUT2D eigenvalue weighted by molar-refractivity contribution is -0.125. The van der Waals surface area contributed by atoms with Gasteiger partial charge in [-0.15, -0.1) is 0 Å². The highest BCUT2D eigenvalue weighted by atomic mass is 19.1. The normalized spacial score (nSPS) is 20.3. The Kier molecular flexibility index (Phi) is 7.20. The summed E-state index contributed by atoms with van der Waals surface area (Å²) in [6.45, 7) is 3.21. The van der Waals surface area contributed by atoms with Crippen LogP contribution in [0.2, 0.25) is 0 Å². The maximum Gasteiger partial charge on any atom is 0.239 e. The molecule has 0 aromatic heterocycles. The van der Waals surface area contributed by atoms with Crippen LogP contribution in [0, 0.1) is 5.82 Å². The van der Waals surface area contributed by atoms with Gasteiger partial charge in [0, 0.05) is 37.9 Å². The van der Waals surface area contributed by atoms with Crippen molar-refractivity contribution in [2.75, 3.05) is 31.1 Å². The Hall–Kier alpha value is -2.44. The van der Waals surface area contributed by atoms with Gasteiger partial charge in [-0.1, -0.05) is 49.6 Å². The Balaban J connectivity index is 1.45. The molecule has 0 unspecified atom stereocenters. The Morgan fingerprint density at radius 1 is 0.935 bits per heavy atom. The number of nitrogens with two attached hydrogens (primary N) is 1. The van der Waals surface area contributed by atoms with Crippen molar-refractivity contribution in [1.29, 1.82) is 0 Å². The van der Waals surface area contributed by atoms with E-state index >= 15 is 0 Å². The second-order valence-corrected chi connectivity index (χ2v) is 8.72. The molecule has 1 amide bonds. The van der Waals surface area contributed by atoms with Crippen LogP contribution in [0.5, 0.6) is 0 Å². The third-order valence-electron chi connectivity index (χ3n) is 6.63. The number of hydrogen-bond acceptors (Lipinski definition) is 4. The van der Waals surface area contributed by atoms with E-state index in [4.69, 9.17) is 5.73 Å². The Labute approximate surface area is 184 Å². The van der Waals surface area contributed by atoms with E-state index in [9.17, 15) is 9.18 Å². The van der Waals surface area contributed by atoms with E-state index in [1.165, 1.54) is 31.4 Å². The minimum Gasteiger partial charge on any atom is -0.369 e. The van der Waals surface area contributed by atoms with Crippen LogP contribution in [0.15, 0.2) is 54.6 Å². The zero-order chi connectivity index (χ0) is 21.6. The van der Waals surface area contributed by atoms with Crippen molar-refractivity contribution in [1.82, 2.24) is 10.2 Å². The smallest absolute Gasteiger partial charge is 0.239 e. The fourth-order valence-corrected chi connectivity index (χ4v) is 4.89. The largest absolute Gasteiger partial charge is 0.369 e. The first-order valence-electron chi connectivity index (χ1n) is 11.5. The Morgan fingerprint density at radius 2 is 1.58 bits per heavy atom. The van der Waals surface area contributed by atoms with Gasteiger partial charge in [-0.3, -0.25) is 9.69 Å². The van der Waals surface area contributed by atoms with Gasteiger partial charge in [-0.2, -0.15) is 0 Å². The van der Waals surface area contributed by atoms with Gasteiger partial charge >= 0.3 is 0 Å². The lowest BCUT2D eigenvalue weighted by Gasteiger charge is -2.42. The maximum atomic E-state index is 13.3. The summed E-state index contributed by atoms with van der Waals surface area (Å²) in [6.07, 6.45) is 5.69. The van der Waals surface area contributed by atoms with Crippen LogP contribution in [-0.2, 0) is 4.79 Å². The number of nitrogens with zero attached hydrogens (tertiary/aromatic N) is 2. The third-order valence-corrected chi connectivity index (χ3v) is 6.63. The molecule has 5 nitrogen and oxygen atoms in total. The SMILES string of the molecule is N[C@H](C(=O)NC1CCCCC1)[C@H](c1ccccc1)N1CCN(c2ccc(F)cc2)CC1. The number of rotatable bonds is 6. The molecule has 0 spiro atoms. The molecule has 3 N–H and O–H groups in total. The second-order valence-electron chi connectivity index (χ2n) is 8.72. The zero-order valence-electron chi connectivity index (χ0n) is 18.1. The van der Waals surface area contributed by atoms with Crippen molar-refractivity contribution in [2.24, 2.45) is 5.73 Å². The summed E-state index contributed by atoms with van der Waals surface area (Å²) >= 11 is 0. The lowest BCUT2D eigenvalue weighted by atomic mass is 9.93. The highest BCUT2D eigenvalue weighted by molar-refractivity contribution is 5.83. The fraction of sp³-hybridized carbons (Fsp3) is 0.480. The molecule has 2 aliphatic rings. The van der Waals surface area contributed by atoms with Gasteiger partial charge in [-0.05, 0) is 42.7 Å². The Morgan fingerprint density at radius 3 is 2.23 bits per heavy atom. The molecule has 0 radical (unpaired) electrons. The molecule has 4 rings (SSSR count). The van der Waals surface area contributed by atoms with E-state index in [-0.39, 0.29) is 23.8 Å². The highest BCUT2D eigenvalue weighted by Crippen LogP contribution is 2.27. The number of carbonyl (C=O) groups excluding carboxylic acids is 1. The minimum atomic E-state index is -0.623. The van der Waals surface area contributed by atoms with E-state index in [1.807, 2.05) is 30.3 Å². The molecule has 2 aromatic rings. The summed E-state index contributed by atoms with van der Waals surface area (Å²) in [5, 5.41) is 3.21. The molecular formula is C25H33FN4O. The summed E-state index contributed by atoms with van der Waals surface area (Å²) in [5.74, 6) is -0.275. The third kappa shape index (κ3) is 5.43. The highest BCUT2D eigenvalue weighted by Gasteiger charge is 2.34. The molecule has 31 heavy (non-hydrogen) atoms. The summed E-state index contributed by atoms with van der Waals surface area (Å²) < 4.78 is 13.3. The topological polar surface area (TPSA) is 61.6 Å². The number of nitrogens with one attached hydrogen (secondary N) is 1. The van der Waals surface area contributed by atoms with Crippen LogP contribution < -0.4 is 16.0 Å². The first-order valence-corrected chi connectivity index (χ1v) is 11.5. The first kappa shape index (κ1) is 21.8. The fourth-order valence-electron chi connectivity index (χ4n) is 4.89. The van der Waals surface area contributed by atoms with Crippen molar-refractivity contribution in [3.05, 3.63) is 66.0 Å². The molecule has 2 fully saturated rings. The van der Waals surface area contributed by atoms with Gasteiger partial charge < -0.3 is 16.0 Å². The number of amides is 1. The average molecular weight is 425 g/mol. The van der Waals surface area contributed by atoms with Crippen molar-refractivity contribution >= 4 is 11.6 Å². The molecule has 6 heteroatoms. The number of carbonyl (C=O) groups is 1. The summed E-state index contributed by atoms with van der Waals surface area (Å²) in [6, 6.07) is 16.2. The van der Waals surface area contributed by atoms with Crippen LogP contribution in [0.1, 0.15) is 43.7 Å². The molecule has 1 aliphatic carbocycles. The number of piperazine rings is 1. The number of halogens is 1. The molecule has 0 bridgehead atoms. The molecule has 1 saturated carbocycles. The molecule has 2 aromatic carbocycles. The van der Waals surface area contributed by atoms with Gasteiger partial charge in [0.05, 0.1) is 6.04 Å². The maximum absolute atomic E-state index is 13.3. The minimum absolute atomic E-state index is 0.0540. The Bertz CT molecular complexity index is 830. The summed E-state index contributed by atoms with van der Waals surface area (Å²) in [4.78, 5) is 17.7. The molecular weight excluding hydrogens is 391 g/mol.